The smallest absolute Gasteiger partial charge is 0.237 e. The normalized spacial score (nSPS) is 18.6. The third kappa shape index (κ3) is 6.76. The summed E-state index contributed by atoms with van der Waals surface area (Å²) >= 11 is 0. The van der Waals surface area contributed by atoms with E-state index in [1.807, 2.05) is 6.92 Å². The van der Waals surface area contributed by atoms with Gasteiger partial charge in [0.1, 0.15) is 0 Å². The van der Waals surface area contributed by atoms with E-state index in [4.69, 9.17) is 0 Å². The Kier molecular flexibility index (Phi) is 7.80. The van der Waals surface area contributed by atoms with E-state index in [0.717, 1.165) is 25.8 Å². The Morgan fingerprint density at radius 2 is 2.16 bits per heavy atom. The van der Waals surface area contributed by atoms with Gasteiger partial charge in [0.25, 0.3) is 0 Å². The monoisotopic (exact) mass is 266 g/mol. The molecule has 19 heavy (non-hydrogen) atoms. The lowest BCUT2D eigenvalue weighted by Crippen LogP contribution is -2.45. The number of nitrogens with one attached hydrogen (secondary N) is 2. The average Bonchev–Trinajstić information content (AvgIpc) is 2.40. The second kappa shape index (κ2) is 9.13. The highest BCUT2D eigenvalue weighted by atomic mass is 16.2. The van der Waals surface area contributed by atoms with Crippen molar-refractivity contribution in [2.75, 3.05) is 6.54 Å². The zero-order chi connectivity index (χ0) is 14.1. The summed E-state index contributed by atoms with van der Waals surface area (Å²) in [6, 6.07) is 0.186. The zero-order valence-electron chi connectivity index (χ0n) is 12.8. The second-order valence-electron chi connectivity index (χ2n) is 5.73. The molecule has 2 unspecified atom stereocenters. The molecule has 0 radical (unpaired) electrons. The van der Waals surface area contributed by atoms with Crippen LogP contribution in [0.2, 0.25) is 0 Å². The van der Waals surface area contributed by atoms with Crippen molar-refractivity contribution >= 4 is 5.91 Å². The van der Waals surface area contributed by atoms with Crippen molar-refractivity contribution in [1.29, 1.82) is 0 Å². The molecule has 3 nitrogen and oxygen atoms in total. The highest BCUT2D eigenvalue weighted by Gasteiger charge is 2.14. The largest absolute Gasteiger partial charge is 0.352 e. The van der Waals surface area contributed by atoms with Gasteiger partial charge in [0.15, 0.2) is 0 Å². The SMILES string of the molecule is CCCC(C)NC(=O)C(C)NCCC1=CCCCC1. The van der Waals surface area contributed by atoms with Crippen LogP contribution in [-0.2, 0) is 4.79 Å². The van der Waals surface area contributed by atoms with Crippen LogP contribution in [0.4, 0.5) is 0 Å². The summed E-state index contributed by atoms with van der Waals surface area (Å²) in [5.74, 6) is 0.124. The van der Waals surface area contributed by atoms with Crippen molar-refractivity contribution in [1.82, 2.24) is 10.6 Å². The van der Waals surface area contributed by atoms with Gasteiger partial charge in [0, 0.05) is 6.04 Å². The highest BCUT2D eigenvalue weighted by Crippen LogP contribution is 2.19. The van der Waals surface area contributed by atoms with E-state index in [1.165, 1.54) is 25.7 Å². The maximum atomic E-state index is 11.9. The third-order valence-electron chi connectivity index (χ3n) is 3.79. The van der Waals surface area contributed by atoms with Gasteiger partial charge in [-0.3, -0.25) is 4.79 Å². The predicted octanol–water partition coefficient (Wildman–Crippen LogP) is 3.16. The zero-order valence-corrected chi connectivity index (χ0v) is 12.8. The van der Waals surface area contributed by atoms with Crippen molar-refractivity contribution < 1.29 is 4.79 Å². The Morgan fingerprint density at radius 3 is 2.79 bits per heavy atom. The molecule has 0 aromatic rings. The number of hydrogen-bond donors (Lipinski definition) is 2. The number of rotatable bonds is 8. The summed E-state index contributed by atoms with van der Waals surface area (Å²) in [5.41, 5.74) is 1.56. The van der Waals surface area contributed by atoms with E-state index in [1.54, 1.807) is 5.57 Å². The lowest BCUT2D eigenvalue weighted by atomic mass is 9.97. The van der Waals surface area contributed by atoms with Gasteiger partial charge in [0.05, 0.1) is 6.04 Å². The van der Waals surface area contributed by atoms with E-state index >= 15 is 0 Å². The second-order valence-corrected chi connectivity index (χ2v) is 5.73. The van der Waals surface area contributed by atoms with Gasteiger partial charge in [-0.1, -0.05) is 25.0 Å². The standard InChI is InChI=1S/C16H30N2O/c1-4-8-13(2)18-16(19)14(3)17-12-11-15-9-6-5-7-10-15/h9,13-14,17H,4-8,10-12H2,1-3H3,(H,18,19). The van der Waals surface area contributed by atoms with Gasteiger partial charge < -0.3 is 10.6 Å². The number of amides is 1. The van der Waals surface area contributed by atoms with Crippen LogP contribution in [0.1, 0.15) is 65.7 Å². The molecule has 0 saturated heterocycles. The van der Waals surface area contributed by atoms with Crippen molar-refractivity contribution in [2.45, 2.75) is 77.8 Å². The van der Waals surface area contributed by atoms with E-state index < -0.39 is 0 Å². The number of allylic oxidation sites excluding steroid dienone is 1. The van der Waals surface area contributed by atoms with Crippen LogP contribution in [0.25, 0.3) is 0 Å². The van der Waals surface area contributed by atoms with Crippen LogP contribution < -0.4 is 10.6 Å². The quantitative estimate of drug-likeness (QED) is 0.663. The first-order valence-electron chi connectivity index (χ1n) is 7.85. The minimum absolute atomic E-state index is 0.0940. The van der Waals surface area contributed by atoms with Crippen LogP contribution >= 0.6 is 0 Å². The van der Waals surface area contributed by atoms with Gasteiger partial charge in [-0.15, -0.1) is 0 Å². The number of hydrogen-bond acceptors (Lipinski definition) is 2. The van der Waals surface area contributed by atoms with Gasteiger partial charge in [-0.05, 0) is 58.9 Å². The lowest BCUT2D eigenvalue weighted by molar-refractivity contribution is -0.123. The fourth-order valence-corrected chi connectivity index (χ4v) is 2.55. The molecular formula is C16H30N2O. The van der Waals surface area contributed by atoms with E-state index in [2.05, 4.69) is 30.6 Å². The maximum Gasteiger partial charge on any atom is 0.237 e. The Morgan fingerprint density at radius 1 is 1.37 bits per heavy atom. The molecule has 2 atom stereocenters. The van der Waals surface area contributed by atoms with Gasteiger partial charge in [-0.25, -0.2) is 0 Å². The Hall–Kier alpha value is -0.830. The first kappa shape index (κ1) is 16.2. The molecule has 0 spiro atoms. The Labute approximate surface area is 118 Å². The van der Waals surface area contributed by atoms with Crippen molar-refractivity contribution in [3.8, 4) is 0 Å². The molecule has 0 bridgehead atoms. The molecule has 1 aliphatic rings. The predicted molar refractivity (Wildman–Crippen MR) is 81.1 cm³/mol. The molecule has 0 aromatic carbocycles. The third-order valence-corrected chi connectivity index (χ3v) is 3.79. The summed E-state index contributed by atoms with van der Waals surface area (Å²) in [6.07, 6.45) is 10.8. The fourth-order valence-electron chi connectivity index (χ4n) is 2.55. The molecule has 3 heteroatoms. The van der Waals surface area contributed by atoms with Crippen LogP contribution in [0.5, 0.6) is 0 Å². The van der Waals surface area contributed by atoms with Crippen molar-refractivity contribution in [3.63, 3.8) is 0 Å². The first-order valence-corrected chi connectivity index (χ1v) is 7.85. The van der Waals surface area contributed by atoms with Crippen LogP contribution in [0.3, 0.4) is 0 Å². The van der Waals surface area contributed by atoms with Crippen molar-refractivity contribution in [2.24, 2.45) is 0 Å². The fraction of sp³-hybridized carbons (Fsp3) is 0.812. The topological polar surface area (TPSA) is 41.1 Å². The minimum atomic E-state index is -0.0940. The average molecular weight is 266 g/mol. The molecule has 1 amide bonds. The molecule has 0 aromatic heterocycles. The molecule has 1 rings (SSSR count). The molecule has 0 aliphatic heterocycles. The molecular weight excluding hydrogens is 236 g/mol. The van der Waals surface area contributed by atoms with Gasteiger partial charge >= 0.3 is 0 Å². The summed E-state index contributed by atoms with van der Waals surface area (Å²) < 4.78 is 0. The van der Waals surface area contributed by atoms with Crippen molar-refractivity contribution in [3.05, 3.63) is 11.6 Å². The van der Waals surface area contributed by atoms with Gasteiger partial charge in [-0.2, -0.15) is 0 Å². The Balaban J connectivity index is 2.17. The number of carbonyl (C=O) groups is 1. The van der Waals surface area contributed by atoms with E-state index in [0.29, 0.717) is 0 Å². The summed E-state index contributed by atoms with van der Waals surface area (Å²) in [6.45, 7) is 7.06. The molecule has 2 N–H and O–H groups in total. The molecule has 110 valence electrons. The first-order chi connectivity index (χ1) is 9.13. The summed E-state index contributed by atoms with van der Waals surface area (Å²) in [7, 11) is 0. The summed E-state index contributed by atoms with van der Waals surface area (Å²) in [5, 5.41) is 6.38. The molecule has 0 heterocycles. The minimum Gasteiger partial charge on any atom is -0.352 e. The van der Waals surface area contributed by atoms with E-state index in [-0.39, 0.29) is 18.0 Å². The maximum absolute atomic E-state index is 11.9. The van der Waals surface area contributed by atoms with E-state index in [9.17, 15) is 4.79 Å². The van der Waals surface area contributed by atoms with Crippen LogP contribution in [0, 0.1) is 0 Å². The molecule has 1 aliphatic carbocycles. The Bertz CT molecular complexity index is 299. The molecule has 0 fully saturated rings. The summed E-state index contributed by atoms with van der Waals surface area (Å²) in [4.78, 5) is 11.9. The van der Waals surface area contributed by atoms with Crippen LogP contribution in [-0.4, -0.2) is 24.5 Å². The van der Waals surface area contributed by atoms with Gasteiger partial charge in [0.2, 0.25) is 5.91 Å². The number of carbonyl (C=O) groups excluding carboxylic acids is 1. The molecule has 0 saturated carbocycles. The van der Waals surface area contributed by atoms with Crippen LogP contribution in [0.15, 0.2) is 11.6 Å². The lowest BCUT2D eigenvalue weighted by Gasteiger charge is -2.19. The highest BCUT2D eigenvalue weighted by molar-refractivity contribution is 5.81.